The molecule has 1 unspecified atom stereocenters. The van der Waals surface area contributed by atoms with Crippen molar-refractivity contribution in [3.05, 3.63) is 6.92 Å². The largest absolute Gasteiger partial charge is 0.378 e. The van der Waals surface area contributed by atoms with Crippen LogP contribution in [0, 0.1) is 6.92 Å². The van der Waals surface area contributed by atoms with Crippen molar-refractivity contribution >= 4 is 5.78 Å². The van der Waals surface area contributed by atoms with Crippen molar-refractivity contribution < 1.29 is 9.53 Å². The van der Waals surface area contributed by atoms with Gasteiger partial charge in [-0.25, -0.2) is 0 Å². The lowest BCUT2D eigenvalue weighted by molar-refractivity contribution is -0.119. The molecule has 0 spiro atoms. The maximum atomic E-state index is 10.5. The van der Waals surface area contributed by atoms with Crippen LogP contribution in [0.5, 0.6) is 0 Å². The third-order valence-electron chi connectivity index (χ3n) is 1.07. The van der Waals surface area contributed by atoms with E-state index in [1.807, 2.05) is 6.92 Å². The van der Waals surface area contributed by atoms with Crippen molar-refractivity contribution in [2.45, 2.75) is 32.8 Å². The maximum Gasteiger partial charge on any atom is 0.132 e. The molecule has 0 aromatic rings. The van der Waals surface area contributed by atoms with Gasteiger partial charge in [-0.1, -0.05) is 6.92 Å². The monoisotopic (exact) mass is 143 g/mol. The van der Waals surface area contributed by atoms with Crippen molar-refractivity contribution in [2.75, 3.05) is 6.61 Å². The smallest absolute Gasteiger partial charge is 0.132 e. The number of carbonyl (C=O) groups is 1. The van der Waals surface area contributed by atoms with Crippen molar-refractivity contribution in [3.8, 4) is 0 Å². The molecule has 1 atom stereocenters. The normalized spacial score (nSPS) is 13.1. The van der Waals surface area contributed by atoms with E-state index in [0.717, 1.165) is 6.42 Å². The summed E-state index contributed by atoms with van der Waals surface area (Å²) in [5, 5.41) is 0. The molecule has 0 aliphatic carbocycles. The number of Topliss-reactive ketones (excluding diaryl/α,β-unsaturated/α-hetero) is 1. The first-order chi connectivity index (χ1) is 4.66. The number of ether oxygens (including phenoxy) is 1. The molecule has 0 fully saturated rings. The molecule has 0 heterocycles. The third kappa shape index (κ3) is 5.76. The van der Waals surface area contributed by atoms with Crippen LogP contribution >= 0.6 is 0 Å². The molecule has 2 nitrogen and oxygen atoms in total. The summed E-state index contributed by atoms with van der Waals surface area (Å²) >= 11 is 0. The van der Waals surface area contributed by atoms with Gasteiger partial charge in [-0.15, -0.1) is 0 Å². The SMILES string of the molecule is [CH2]C(CC(C)=O)OCCC. The number of ketones is 1. The van der Waals surface area contributed by atoms with Crippen molar-refractivity contribution in [1.82, 2.24) is 0 Å². The highest BCUT2D eigenvalue weighted by atomic mass is 16.5. The van der Waals surface area contributed by atoms with Crippen LogP contribution in [0.2, 0.25) is 0 Å². The minimum absolute atomic E-state index is 0.135. The lowest BCUT2D eigenvalue weighted by Gasteiger charge is -2.08. The van der Waals surface area contributed by atoms with E-state index in [1.165, 1.54) is 0 Å². The lowest BCUT2D eigenvalue weighted by atomic mass is 10.2. The molecule has 0 aromatic heterocycles. The number of hydrogen-bond donors (Lipinski definition) is 0. The molecule has 0 amide bonds. The lowest BCUT2D eigenvalue weighted by Crippen LogP contribution is -2.12. The van der Waals surface area contributed by atoms with Gasteiger partial charge in [0.25, 0.3) is 0 Å². The molecule has 0 aromatic carbocycles. The second-order valence-corrected chi connectivity index (χ2v) is 2.40. The van der Waals surface area contributed by atoms with E-state index in [-0.39, 0.29) is 11.9 Å². The fourth-order valence-corrected chi connectivity index (χ4v) is 0.664. The summed E-state index contributed by atoms with van der Waals surface area (Å²) in [5.74, 6) is 0.135. The van der Waals surface area contributed by atoms with Gasteiger partial charge in [0.2, 0.25) is 0 Å². The quantitative estimate of drug-likeness (QED) is 0.584. The summed E-state index contributed by atoms with van der Waals surface area (Å²) in [6.45, 7) is 7.95. The Bertz CT molecular complexity index is 99.4. The first kappa shape index (κ1) is 9.63. The van der Waals surface area contributed by atoms with Gasteiger partial charge in [-0.3, -0.25) is 4.79 Å². The fourth-order valence-electron chi connectivity index (χ4n) is 0.664. The molecular weight excluding hydrogens is 128 g/mol. The van der Waals surface area contributed by atoms with Gasteiger partial charge in [0.1, 0.15) is 5.78 Å². The second-order valence-electron chi connectivity index (χ2n) is 2.40. The molecule has 10 heavy (non-hydrogen) atoms. The topological polar surface area (TPSA) is 26.3 Å². The Balaban J connectivity index is 3.25. The minimum atomic E-state index is -0.155. The molecule has 1 radical (unpaired) electrons. The van der Waals surface area contributed by atoms with E-state index >= 15 is 0 Å². The van der Waals surface area contributed by atoms with Gasteiger partial charge >= 0.3 is 0 Å². The zero-order valence-electron chi connectivity index (χ0n) is 6.72. The Labute approximate surface area is 62.6 Å². The predicted octanol–water partition coefficient (Wildman–Crippen LogP) is 1.59. The van der Waals surface area contributed by atoms with Crippen molar-refractivity contribution in [2.24, 2.45) is 0 Å². The van der Waals surface area contributed by atoms with Crippen molar-refractivity contribution in [3.63, 3.8) is 0 Å². The highest BCUT2D eigenvalue weighted by molar-refractivity contribution is 5.76. The van der Waals surface area contributed by atoms with Crippen LogP contribution in [0.1, 0.15) is 26.7 Å². The van der Waals surface area contributed by atoms with Gasteiger partial charge in [0.05, 0.1) is 6.10 Å². The standard InChI is InChI=1S/C8H15O2/c1-4-5-10-8(3)6-7(2)9/h8H,3-6H2,1-2H3. The summed E-state index contributed by atoms with van der Waals surface area (Å²) < 4.78 is 5.17. The van der Waals surface area contributed by atoms with E-state index in [0.29, 0.717) is 13.0 Å². The number of rotatable bonds is 5. The highest BCUT2D eigenvalue weighted by Gasteiger charge is 2.03. The van der Waals surface area contributed by atoms with Crippen LogP contribution in [0.25, 0.3) is 0 Å². The van der Waals surface area contributed by atoms with Gasteiger partial charge in [0.15, 0.2) is 0 Å². The van der Waals surface area contributed by atoms with Crippen LogP contribution in [0.3, 0.4) is 0 Å². The third-order valence-corrected chi connectivity index (χ3v) is 1.07. The zero-order chi connectivity index (χ0) is 7.98. The molecule has 0 saturated heterocycles. The fraction of sp³-hybridized carbons (Fsp3) is 0.750. The Morgan fingerprint density at radius 3 is 2.70 bits per heavy atom. The van der Waals surface area contributed by atoms with E-state index in [4.69, 9.17) is 4.74 Å². The first-order valence-corrected chi connectivity index (χ1v) is 3.61. The Morgan fingerprint density at radius 2 is 2.30 bits per heavy atom. The van der Waals surface area contributed by atoms with Crippen LogP contribution in [0.4, 0.5) is 0 Å². The predicted molar refractivity (Wildman–Crippen MR) is 40.7 cm³/mol. The first-order valence-electron chi connectivity index (χ1n) is 3.61. The maximum absolute atomic E-state index is 10.5. The van der Waals surface area contributed by atoms with E-state index < -0.39 is 0 Å². The molecule has 2 heteroatoms. The summed E-state index contributed by atoms with van der Waals surface area (Å²) in [4.78, 5) is 10.5. The Hall–Kier alpha value is -0.370. The average Bonchev–Trinajstić information content (AvgIpc) is 1.82. The van der Waals surface area contributed by atoms with Crippen LogP contribution in [-0.2, 0) is 9.53 Å². The van der Waals surface area contributed by atoms with E-state index in [2.05, 4.69) is 6.92 Å². The molecule has 0 N–H and O–H groups in total. The van der Waals surface area contributed by atoms with E-state index in [9.17, 15) is 4.79 Å². The summed E-state index contributed by atoms with van der Waals surface area (Å²) in [7, 11) is 0. The van der Waals surface area contributed by atoms with Crippen LogP contribution in [0.15, 0.2) is 0 Å². The highest BCUT2D eigenvalue weighted by Crippen LogP contribution is 1.97. The van der Waals surface area contributed by atoms with Crippen LogP contribution < -0.4 is 0 Å². The van der Waals surface area contributed by atoms with Gasteiger partial charge in [-0.2, -0.15) is 0 Å². The van der Waals surface area contributed by atoms with E-state index in [1.54, 1.807) is 6.92 Å². The van der Waals surface area contributed by atoms with Crippen molar-refractivity contribution in [1.29, 1.82) is 0 Å². The summed E-state index contributed by atoms with van der Waals surface area (Å²) in [5.41, 5.74) is 0. The molecular formula is C8H15O2. The minimum Gasteiger partial charge on any atom is -0.378 e. The molecule has 0 bridgehead atoms. The second kappa shape index (κ2) is 5.42. The summed E-state index contributed by atoms with van der Waals surface area (Å²) in [6.07, 6.45) is 1.25. The van der Waals surface area contributed by atoms with Gasteiger partial charge < -0.3 is 4.74 Å². The Kier molecular flexibility index (Phi) is 5.22. The molecule has 0 rings (SSSR count). The molecule has 0 saturated carbocycles. The molecule has 59 valence electrons. The van der Waals surface area contributed by atoms with Gasteiger partial charge in [0, 0.05) is 13.0 Å². The van der Waals surface area contributed by atoms with Crippen LogP contribution in [-0.4, -0.2) is 18.5 Å². The number of carbonyl (C=O) groups excluding carboxylic acids is 1. The number of hydrogen-bond acceptors (Lipinski definition) is 2. The molecule has 0 aliphatic rings. The van der Waals surface area contributed by atoms with Gasteiger partial charge in [-0.05, 0) is 20.3 Å². The average molecular weight is 143 g/mol. The summed E-state index contributed by atoms with van der Waals surface area (Å²) in [6, 6.07) is 0. The Morgan fingerprint density at radius 1 is 1.70 bits per heavy atom. The zero-order valence-corrected chi connectivity index (χ0v) is 6.72. The molecule has 0 aliphatic heterocycles.